The Kier molecular flexibility index (Phi) is 16.5. The number of methoxy groups -OCH3 is 1. The van der Waals surface area contributed by atoms with Gasteiger partial charge in [0.15, 0.2) is 5.82 Å². The number of carbonyl (C=O) groups is 3. The summed E-state index contributed by atoms with van der Waals surface area (Å²) in [6, 6.07) is 12.2. The molecule has 0 bridgehead atoms. The molecule has 6 aromatic rings. The molecule has 21 heteroatoms. The number of hydrogen-bond acceptors (Lipinski definition) is 14. The molecule has 2 unspecified atom stereocenters. The number of aromatic hydroxyl groups is 1. The van der Waals surface area contributed by atoms with Gasteiger partial charge in [-0.2, -0.15) is 15.1 Å². The van der Waals surface area contributed by atoms with E-state index in [-0.39, 0.29) is 65.5 Å². The first-order valence-corrected chi connectivity index (χ1v) is 29.3. The van der Waals surface area contributed by atoms with Crippen molar-refractivity contribution < 1.29 is 51.3 Å². The Labute approximate surface area is 474 Å². The van der Waals surface area contributed by atoms with E-state index in [2.05, 4.69) is 25.1 Å². The van der Waals surface area contributed by atoms with Gasteiger partial charge in [-0.15, -0.1) is 0 Å². The SMILES string of the molecule is CCc1c(F)ccc2cc(O)cc(-c3nc4c5c(nc(OCC67CCCN6CCC7)nc5c3F)N3CCCOCC3CC4)c12.CNC(=O)C(CCC=O)c1nn(C)c2cc(N3CCC(C(F)(F)C4CCN(C(=O)OC)CC4)CC3)ccc12. The van der Waals surface area contributed by atoms with Crippen molar-refractivity contribution in [3.8, 4) is 23.0 Å². The second kappa shape index (κ2) is 23.8. The van der Waals surface area contributed by atoms with Crippen LogP contribution in [-0.4, -0.2) is 155 Å². The lowest BCUT2D eigenvalue weighted by Crippen LogP contribution is -2.48. The highest BCUT2D eigenvalue weighted by atomic mass is 19.3. The van der Waals surface area contributed by atoms with Gasteiger partial charge in [0.1, 0.15) is 41.5 Å². The minimum atomic E-state index is -2.77. The third-order valence-electron chi connectivity index (χ3n) is 18.5. The summed E-state index contributed by atoms with van der Waals surface area (Å²) in [6.07, 6.45) is 9.36. The smallest absolute Gasteiger partial charge is 0.409 e. The number of likely N-dealkylation sites (tertiary alicyclic amines) is 1. The van der Waals surface area contributed by atoms with Gasteiger partial charge in [-0.3, -0.25) is 14.4 Å². The fourth-order valence-electron chi connectivity index (χ4n) is 14.1. The van der Waals surface area contributed by atoms with E-state index >= 15 is 17.6 Å². The maximum Gasteiger partial charge on any atom is 0.409 e. The van der Waals surface area contributed by atoms with Crippen molar-refractivity contribution in [3.63, 3.8) is 0 Å². The van der Waals surface area contributed by atoms with Crippen LogP contribution in [0.4, 0.5) is 33.9 Å². The van der Waals surface area contributed by atoms with Gasteiger partial charge in [-0.1, -0.05) is 13.0 Å². The second-order valence-electron chi connectivity index (χ2n) is 23.1. The predicted octanol–water partition coefficient (Wildman–Crippen LogP) is 9.65. The third-order valence-corrected chi connectivity index (χ3v) is 18.5. The second-order valence-corrected chi connectivity index (χ2v) is 23.1. The highest BCUT2D eigenvalue weighted by Crippen LogP contribution is 2.46. The number of carbonyl (C=O) groups excluding carboxylic acids is 3. The summed E-state index contributed by atoms with van der Waals surface area (Å²) >= 11 is 0. The molecular weight excluding hydrogens is 1060 g/mol. The molecule has 17 nitrogen and oxygen atoms in total. The molecule has 2 amide bonds. The number of likely N-dealkylation sites (N-methyl/N-ethyl adjacent to an activating group) is 1. The standard InChI is InChI=1S/C34H37F2N5O3.C27H37F2N5O4/c1-2-23-25(35)8-6-20-16-22(42)17-24(27(20)23)30-29(36)31-28-26(37-30)9-7-21-18-43-15-5-14-41(21)32(28)39-33(38-31)44-19-34-10-3-12-40(34)13-4-11-34;1-30-25(36)22(5-4-16-35)24-21-7-6-20(17-23(21)32(2)31-24)33-12-8-18(9-13-33)27(28,29)19-10-14-34(15-11-19)26(37)38-3/h6,8,16-17,21,42H,2-5,7,9-15,18-19H2,1H3;6-7,16-19,22H,4-5,8-15H2,1-3H3,(H,30,36). The van der Waals surface area contributed by atoms with Gasteiger partial charge >= 0.3 is 12.1 Å². The Morgan fingerprint density at radius 2 is 1.67 bits per heavy atom. The zero-order valence-electron chi connectivity index (χ0n) is 47.3. The van der Waals surface area contributed by atoms with E-state index in [4.69, 9.17) is 29.2 Å². The van der Waals surface area contributed by atoms with Gasteiger partial charge in [0.05, 0.1) is 53.5 Å². The first kappa shape index (κ1) is 57.0. The van der Waals surface area contributed by atoms with E-state index in [0.29, 0.717) is 123 Å². The van der Waals surface area contributed by atoms with Crippen molar-refractivity contribution in [1.29, 1.82) is 0 Å². The summed E-state index contributed by atoms with van der Waals surface area (Å²) in [7, 11) is 4.69. The molecule has 0 radical (unpaired) electrons. The van der Waals surface area contributed by atoms with Crippen molar-refractivity contribution in [1.82, 2.24) is 39.8 Å². The molecule has 9 heterocycles. The topological polar surface area (TPSA) is 181 Å². The van der Waals surface area contributed by atoms with E-state index < -0.39 is 35.6 Å². The van der Waals surface area contributed by atoms with Crippen LogP contribution < -0.4 is 19.9 Å². The first-order chi connectivity index (χ1) is 39.7. The van der Waals surface area contributed by atoms with Crippen molar-refractivity contribution in [2.24, 2.45) is 18.9 Å². The molecule has 2 N–H and O–H groups in total. The number of anilines is 2. The van der Waals surface area contributed by atoms with Gasteiger partial charge in [-0.25, -0.2) is 27.3 Å². The number of amides is 2. The van der Waals surface area contributed by atoms with Crippen molar-refractivity contribution in [2.45, 2.75) is 120 Å². The summed E-state index contributed by atoms with van der Waals surface area (Å²) in [6.45, 7) is 8.09. The number of piperidine rings is 2. The monoisotopic (exact) mass is 1130 g/mol. The number of fused-ring (bicyclic) bond motifs is 5. The number of benzene rings is 3. The molecular formula is C61H74F4N10O7. The van der Waals surface area contributed by atoms with Gasteiger partial charge < -0.3 is 44.1 Å². The Hall–Kier alpha value is -6.87. The molecule has 82 heavy (non-hydrogen) atoms. The normalized spacial score (nSPS) is 20.0. The predicted molar refractivity (Wildman–Crippen MR) is 304 cm³/mol. The Morgan fingerprint density at radius 3 is 2.38 bits per heavy atom. The highest BCUT2D eigenvalue weighted by molar-refractivity contribution is 6.02. The van der Waals surface area contributed by atoms with Crippen LogP contribution >= 0.6 is 0 Å². The van der Waals surface area contributed by atoms with E-state index in [1.807, 2.05) is 32.2 Å². The molecule has 5 saturated heterocycles. The number of aldehydes is 1. The summed E-state index contributed by atoms with van der Waals surface area (Å²) in [4.78, 5) is 58.1. The van der Waals surface area contributed by atoms with Crippen LogP contribution in [0.5, 0.6) is 11.8 Å². The number of phenols is 1. The number of nitrogens with one attached hydrogen (secondary N) is 1. The largest absolute Gasteiger partial charge is 0.508 e. The van der Waals surface area contributed by atoms with Crippen molar-refractivity contribution in [2.75, 3.05) is 89.6 Å². The molecule has 2 atom stereocenters. The molecule has 0 spiro atoms. The average molecular weight is 1140 g/mol. The minimum absolute atomic E-state index is 0.0143. The zero-order valence-corrected chi connectivity index (χ0v) is 47.3. The number of nitrogens with zero attached hydrogens (tertiary/aromatic N) is 9. The number of aromatic nitrogens is 5. The lowest BCUT2D eigenvalue weighted by atomic mass is 9.79. The molecule has 0 saturated carbocycles. The fraction of sp³-hybridized carbons (Fsp3) is 0.557. The van der Waals surface area contributed by atoms with Gasteiger partial charge in [0, 0.05) is 88.3 Å². The molecule has 3 aromatic carbocycles. The average Bonchev–Trinajstić information content (AvgIpc) is 4.18. The minimum Gasteiger partial charge on any atom is -0.508 e. The van der Waals surface area contributed by atoms with Gasteiger partial charge in [-0.05, 0) is 149 Å². The van der Waals surface area contributed by atoms with Crippen LogP contribution in [0.2, 0.25) is 0 Å². The van der Waals surface area contributed by atoms with Crippen molar-refractivity contribution in [3.05, 3.63) is 71.1 Å². The lowest BCUT2D eigenvalue weighted by Gasteiger charge is -2.42. The zero-order chi connectivity index (χ0) is 57.5. The Morgan fingerprint density at radius 1 is 0.927 bits per heavy atom. The molecule has 6 aliphatic heterocycles. The van der Waals surface area contributed by atoms with Crippen LogP contribution in [0, 0.1) is 23.5 Å². The van der Waals surface area contributed by atoms with Gasteiger partial charge in [0.2, 0.25) is 5.91 Å². The first-order valence-electron chi connectivity index (χ1n) is 29.3. The van der Waals surface area contributed by atoms with Crippen LogP contribution in [0.1, 0.15) is 107 Å². The van der Waals surface area contributed by atoms with Crippen LogP contribution in [0.3, 0.4) is 0 Å². The number of halogens is 4. The third kappa shape index (κ3) is 10.8. The van der Waals surface area contributed by atoms with E-state index in [1.54, 1.807) is 23.9 Å². The Bertz CT molecular complexity index is 3350. The van der Waals surface area contributed by atoms with E-state index in [9.17, 15) is 19.5 Å². The quantitative estimate of drug-likeness (QED) is 0.0824. The van der Waals surface area contributed by atoms with Crippen molar-refractivity contribution >= 4 is 62.4 Å². The summed E-state index contributed by atoms with van der Waals surface area (Å²) < 4.78 is 81.7. The summed E-state index contributed by atoms with van der Waals surface area (Å²) in [5.74, 6) is -5.29. The number of rotatable bonds is 13. The number of aryl methyl sites for hydroxylation is 3. The summed E-state index contributed by atoms with van der Waals surface area (Å²) in [5.41, 5.74) is 4.09. The molecule has 6 aliphatic rings. The number of hydrogen-bond donors (Lipinski definition) is 2. The van der Waals surface area contributed by atoms with Crippen LogP contribution in [0.25, 0.3) is 43.8 Å². The van der Waals surface area contributed by atoms with Crippen LogP contribution in [0.15, 0.2) is 42.5 Å². The number of alkyl halides is 2. The maximum absolute atomic E-state index is 17.0. The summed E-state index contributed by atoms with van der Waals surface area (Å²) in [5, 5.41) is 20.6. The molecule has 5 fully saturated rings. The molecule has 12 rings (SSSR count). The fourth-order valence-corrected chi connectivity index (χ4v) is 14.1. The van der Waals surface area contributed by atoms with E-state index in [1.165, 1.54) is 24.1 Å². The number of ether oxygens (including phenoxy) is 3. The molecule has 3 aromatic heterocycles. The number of phenolic OH excluding ortho intramolecular Hbond substituents is 1. The maximum atomic E-state index is 17.0. The van der Waals surface area contributed by atoms with Gasteiger partial charge in [0.25, 0.3) is 5.92 Å². The number of pyridine rings is 1. The highest BCUT2D eigenvalue weighted by Gasteiger charge is 2.49. The van der Waals surface area contributed by atoms with E-state index in [0.717, 1.165) is 81.0 Å². The molecule has 0 aliphatic carbocycles. The lowest BCUT2D eigenvalue weighted by molar-refractivity contribution is -0.128. The Balaban J connectivity index is 0.000000174. The van der Waals surface area contributed by atoms with Crippen LogP contribution in [-0.2, 0) is 39.0 Å². The molecule has 438 valence electrons.